The number of amides is 1. The van der Waals surface area contributed by atoms with Gasteiger partial charge in [0.25, 0.3) is 0 Å². The molecule has 0 spiro atoms. The van der Waals surface area contributed by atoms with Crippen LogP contribution in [0.25, 0.3) is 16.8 Å². The molecule has 7 heteroatoms. The normalized spacial score (nSPS) is 16.4. The quantitative estimate of drug-likeness (QED) is 0.506. The van der Waals surface area contributed by atoms with E-state index in [4.69, 9.17) is 9.72 Å². The van der Waals surface area contributed by atoms with E-state index >= 15 is 0 Å². The number of benzene rings is 2. The number of hydrogen-bond donors (Lipinski definition) is 1. The number of nitrogens with zero attached hydrogens (tertiary/aromatic N) is 4. The van der Waals surface area contributed by atoms with Gasteiger partial charge in [-0.25, -0.2) is 9.78 Å². The van der Waals surface area contributed by atoms with Crippen LogP contribution in [-0.2, 0) is 0 Å². The van der Waals surface area contributed by atoms with Gasteiger partial charge in [0.1, 0.15) is 17.3 Å². The van der Waals surface area contributed by atoms with Gasteiger partial charge in [0.05, 0.1) is 17.4 Å². The first-order valence-corrected chi connectivity index (χ1v) is 10.3. The molecule has 5 rings (SSSR count). The molecule has 7 nitrogen and oxygen atoms in total. The third kappa shape index (κ3) is 3.82. The molecule has 1 fully saturated rings. The summed E-state index contributed by atoms with van der Waals surface area (Å²) < 4.78 is 7.93. The van der Waals surface area contributed by atoms with Crippen LogP contribution in [0.2, 0.25) is 0 Å². The molecule has 2 aromatic carbocycles. The zero-order valence-corrected chi connectivity index (χ0v) is 16.9. The fourth-order valence-electron chi connectivity index (χ4n) is 4.13. The summed E-state index contributed by atoms with van der Waals surface area (Å²) in [7, 11) is 0. The molecule has 1 N–H and O–H groups in total. The molecule has 4 aromatic rings. The van der Waals surface area contributed by atoms with Gasteiger partial charge in [0, 0.05) is 37.0 Å². The monoisotopic (exact) mass is 414 g/mol. The molecule has 1 atom stereocenters. The van der Waals surface area contributed by atoms with E-state index in [9.17, 15) is 9.90 Å². The Morgan fingerprint density at radius 3 is 2.61 bits per heavy atom. The van der Waals surface area contributed by atoms with Gasteiger partial charge < -0.3 is 14.7 Å². The molecule has 1 aliphatic heterocycles. The zero-order valence-electron chi connectivity index (χ0n) is 16.9. The highest BCUT2D eigenvalue weighted by Crippen LogP contribution is 2.33. The van der Waals surface area contributed by atoms with Gasteiger partial charge in [-0.15, -0.1) is 0 Å². The summed E-state index contributed by atoms with van der Waals surface area (Å²) in [5, 5.41) is 9.41. The summed E-state index contributed by atoms with van der Waals surface area (Å²) in [6.07, 6.45) is 6.30. The standard InChI is InChI=1S/C24H22N4O3/c29-24(30)27-13-4-5-18(16-27)23-26-22(21-15-25-12-14-28(21)23)17-8-10-20(11-9-17)31-19-6-2-1-3-7-19/h1-3,6-12,14-15,18H,4-5,13,16H2,(H,29,30). The molecule has 1 aliphatic rings. The van der Waals surface area contributed by atoms with Crippen molar-refractivity contribution >= 4 is 11.6 Å². The lowest BCUT2D eigenvalue weighted by Gasteiger charge is -2.29. The Hall–Kier alpha value is -3.87. The number of likely N-dealkylation sites (tertiary alicyclic amines) is 1. The Balaban J connectivity index is 1.47. The van der Waals surface area contributed by atoms with Crippen LogP contribution in [0.1, 0.15) is 24.6 Å². The summed E-state index contributed by atoms with van der Waals surface area (Å²) >= 11 is 0. The number of carboxylic acid groups (broad SMARTS) is 1. The number of aromatic nitrogens is 3. The van der Waals surface area contributed by atoms with Gasteiger partial charge in [0.2, 0.25) is 0 Å². The second-order valence-electron chi connectivity index (χ2n) is 7.66. The highest BCUT2D eigenvalue weighted by molar-refractivity contribution is 5.77. The highest BCUT2D eigenvalue weighted by atomic mass is 16.5. The maximum absolute atomic E-state index is 11.5. The predicted octanol–water partition coefficient (Wildman–Crippen LogP) is 5.05. The lowest BCUT2D eigenvalue weighted by molar-refractivity contribution is 0.129. The van der Waals surface area contributed by atoms with Gasteiger partial charge in [0.15, 0.2) is 0 Å². The maximum atomic E-state index is 11.5. The van der Waals surface area contributed by atoms with E-state index in [0.29, 0.717) is 13.1 Å². The lowest BCUT2D eigenvalue weighted by Crippen LogP contribution is -2.38. The summed E-state index contributed by atoms with van der Waals surface area (Å²) in [6.45, 7) is 1.03. The number of para-hydroxylation sites is 1. The van der Waals surface area contributed by atoms with Crippen molar-refractivity contribution in [1.29, 1.82) is 0 Å². The number of rotatable bonds is 4. The van der Waals surface area contributed by atoms with Gasteiger partial charge in [-0.05, 0) is 49.2 Å². The van der Waals surface area contributed by atoms with Crippen molar-refractivity contribution in [1.82, 2.24) is 19.3 Å². The van der Waals surface area contributed by atoms with Gasteiger partial charge >= 0.3 is 6.09 Å². The lowest BCUT2D eigenvalue weighted by atomic mass is 9.97. The summed E-state index contributed by atoms with van der Waals surface area (Å²) in [4.78, 5) is 22.2. The maximum Gasteiger partial charge on any atom is 0.407 e. The Morgan fingerprint density at radius 1 is 1.06 bits per heavy atom. The van der Waals surface area contributed by atoms with Crippen LogP contribution < -0.4 is 4.74 Å². The fourth-order valence-corrected chi connectivity index (χ4v) is 4.13. The molecule has 0 aliphatic carbocycles. The van der Waals surface area contributed by atoms with Crippen LogP contribution in [0.5, 0.6) is 11.5 Å². The van der Waals surface area contributed by atoms with Crippen molar-refractivity contribution in [3.63, 3.8) is 0 Å². The SMILES string of the molecule is O=C(O)N1CCCC(c2nc(-c3ccc(Oc4ccccc4)cc3)c3cnccn23)C1. The molecule has 31 heavy (non-hydrogen) atoms. The van der Waals surface area contributed by atoms with Crippen molar-refractivity contribution in [3.8, 4) is 22.8 Å². The minimum atomic E-state index is -0.874. The zero-order chi connectivity index (χ0) is 21.2. The molecule has 3 heterocycles. The van der Waals surface area contributed by atoms with E-state index in [1.165, 1.54) is 4.90 Å². The third-order valence-corrected chi connectivity index (χ3v) is 5.64. The molecule has 156 valence electrons. The molecule has 1 unspecified atom stereocenters. The largest absolute Gasteiger partial charge is 0.465 e. The number of hydrogen-bond acceptors (Lipinski definition) is 4. The van der Waals surface area contributed by atoms with E-state index in [0.717, 1.165) is 46.9 Å². The highest BCUT2D eigenvalue weighted by Gasteiger charge is 2.28. The fraction of sp³-hybridized carbons (Fsp3) is 0.208. The van der Waals surface area contributed by atoms with E-state index in [1.807, 2.05) is 65.2 Å². The molecule has 2 aromatic heterocycles. The van der Waals surface area contributed by atoms with E-state index in [-0.39, 0.29) is 5.92 Å². The number of piperidine rings is 1. The van der Waals surface area contributed by atoms with Gasteiger partial charge in [-0.3, -0.25) is 9.38 Å². The van der Waals surface area contributed by atoms with E-state index < -0.39 is 6.09 Å². The molecule has 0 radical (unpaired) electrons. The topological polar surface area (TPSA) is 80.0 Å². The van der Waals surface area contributed by atoms with E-state index in [2.05, 4.69) is 4.98 Å². The summed E-state index contributed by atoms with van der Waals surface area (Å²) in [6, 6.07) is 17.5. The van der Waals surface area contributed by atoms with Crippen LogP contribution in [0.3, 0.4) is 0 Å². The second-order valence-corrected chi connectivity index (χ2v) is 7.66. The van der Waals surface area contributed by atoms with Crippen molar-refractivity contribution in [2.75, 3.05) is 13.1 Å². The van der Waals surface area contributed by atoms with Crippen molar-refractivity contribution in [3.05, 3.63) is 79.0 Å². The molecular formula is C24H22N4O3. The first-order chi connectivity index (χ1) is 15.2. The van der Waals surface area contributed by atoms with Crippen molar-refractivity contribution in [2.45, 2.75) is 18.8 Å². The summed E-state index contributed by atoms with van der Waals surface area (Å²) in [5.74, 6) is 2.47. The van der Waals surface area contributed by atoms with Gasteiger partial charge in [-0.2, -0.15) is 0 Å². The number of fused-ring (bicyclic) bond motifs is 1. The molecular weight excluding hydrogens is 392 g/mol. The Morgan fingerprint density at radius 2 is 1.84 bits per heavy atom. The van der Waals surface area contributed by atoms with Crippen LogP contribution in [-0.4, -0.2) is 43.6 Å². The van der Waals surface area contributed by atoms with Crippen LogP contribution in [0.4, 0.5) is 4.79 Å². The Bertz CT molecular complexity index is 1200. The predicted molar refractivity (Wildman–Crippen MR) is 117 cm³/mol. The summed E-state index contributed by atoms with van der Waals surface area (Å²) in [5.41, 5.74) is 2.70. The third-order valence-electron chi connectivity index (χ3n) is 5.64. The average molecular weight is 414 g/mol. The van der Waals surface area contributed by atoms with Gasteiger partial charge in [-0.1, -0.05) is 18.2 Å². The molecule has 1 amide bonds. The van der Waals surface area contributed by atoms with Crippen LogP contribution in [0.15, 0.2) is 73.2 Å². The average Bonchev–Trinajstić information content (AvgIpc) is 3.20. The number of imidazole rings is 1. The molecule has 1 saturated heterocycles. The Kier molecular flexibility index (Phi) is 5.00. The minimum Gasteiger partial charge on any atom is -0.465 e. The first-order valence-electron chi connectivity index (χ1n) is 10.3. The second kappa shape index (κ2) is 8.10. The van der Waals surface area contributed by atoms with Crippen LogP contribution >= 0.6 is 0 Å². The van der Waals surface area contributed by atoms with Crippen molar-refractivity contribution in [2.24, 2.45) is 0 Å². The minimum absolute atomic E-state index is 0.0502. The molecule has 0 saturated carbocycles. The van der Waals surface area contributed by atoms with Crippen LogP contribution in [0, 0.1) is 0 Å². The van der Waals surface area contributed by atoms with E-state index in [1.54, 1.807) is 12.4 Å². The first kappa shape index (κ1) is 19.1. The smallest absolute Gasteiger partial charge is 0.407 e. The number of carbonyl (C=O) groups is 1. The Labute approximate surface area is 179 Å². The van der Waals surface area contributed by atoms with Crippen molar-refractivity contribution < 1.29 is 14.6 Å². The number of ether oxygens (including phenoxy) is 1. The molecule has 0 bridgehead atoms.